The van der Waals surface area contributed by atoms with Crippen molar-refractivity contribution >= 4 is 0 Å². The fourth-order valence-corrected chi connectivity index (χ4v) is 2.11. The van der Waals surface area contributed by atoms with Crippen LogP contribution in [0.25, 0.3) is 11.3 Å². The van der Waals surface area contributed by atoms with E-state index in [-0.39, 0.29) is 5.82 Å². The largest absolute Gasteiger partial charge is 0.269 e. The highest BCUT2D eigenvalue weighted by atomic mass is 19.1. The van der Waals surface area contributed by atoms with Crippen LogP contribution in [0.5, 0.6) is 0 Å². The van der Waals surface area contributed by atoms with Gasteiger partial charge in [-0.15, -0.1) is 0 Å². The van der Waals surface area contributed by atoms with Gasteiger partial charge in [-0.3, -0.25) is 4.68 Å². The van der Waals surface area contributed by atoms with Crippen LogP contribution in [0.4, 0.5) is 4.39 Å². The van der Waals surface area contributed by atoms with Gasteiger partial charge in [-0.05, 0) is 43.5 Å². The molecule has 0 amide bonds. The van der Waals surface area contributed by atoms with Crippen LogP contribution in [0.1, 0.15) is 51.8 Å². The van der Waals surface area contributed by atoms with Crippen LogP contribution in [-0.2, 0) is 6.54 Å². The number of aryl methyl sites for hydroxylation is 2. The number of rotatable bonds is 3. The summed E-state index contributed by atoms with van der Waals surface area (Å²) in [7, 11) is 0. The lowest BCUT2D eigenvalue weighted by atomic mass is 10.1. The molecule has 2 nitrogen and oxygen atoms in total. The van der Waals surface area contributed by atoms with Crippen molar-refractivity contribution in [2.24, 2.45) is 0 Å². The Hall–Kier alpha value is -1.64. The summed E-state index contributed by atoms with van der Waals surface area (Å²) in [5.41, 5.74) is 3.37. The summed E-state index contributed by atoms with van der Waals surface area (Å²) >= 11 is 0. The minimum absolute atomic E-state index is 0.203. The first-order chi connectivity index (χ1) is 9.52. The zero-order valence-corrected chi connectivity index (χ0v) is 13.4. The predicted octanol–water partition coefficient (Wildman–Crippen LogP) is 5.17. The van der Waals surface area contributed by atoms with E-state index in [0.29, 0.717) is 11.5 Å². The molecule has 0 N–H and O–H groups in total. The van der Waals surface area contributed by atoms with Crippen LogP contribution in [0.2, 0.25) is 0 Å². The quantitative estimate of drug-likeness (QED) is 0.756. The maximum atomic E-state index is 13.9. The molecule has 110 valence electrons. The van der Waals surface area contributed by atoms with Crippen LogP contribution in [-0.4, -0.2) is 9.78 Å². The van der Waals surface area contributed by atoms with E-state index in [2.05, 4.69) is 18.9 Å². The third-order valence-electron chi connectivity index (χ3n) is 3.10. The average Bonchev–Trinajstić information content (AvgIpc) is 2.85. The van der Waals surface area contributed by atoms with Gasteiger partial charge in [0.2, 0.25) is 0 Å². The van der Waals surface area contributed by atoms with Gasteiger partial charge in [-0.2, -0.15) is 5.10 Å². The van der Waals surface area contributed by atoms with E-state index in [1.54, 1.807) is 12.1 Å². The Morgan fingerprint density at radius 2 is 1.85 bits per heavy atom. The lowest BCUT2D eigenvalue weighted by molar-refractivity contribution is 0.597. The van der Waals surface area contributed by atoms with E-state index >= 15 is 0 Å². The lowest BCUT2D eigenvalue weighted by Gasteiger charge is -2.06. The van der Waals surface area contributed by atoms with E-state index in [1.807, 2.05) is 44.5 Å². The molecule has 0 unspecified atom stereocenters. The average molecular weight is 276 g/mol. The SMILES string of the molecule is CC.CCn1nc(-c2ccc(C)cc2F)cc1C(C)C. The van der Waals surface area contributed by atoms with Crippen molar-refractivity contribution < 1.29 is 4.39 Å². The summed E-state index contributed by atoms with van der Waals surface area (Å²) in [6.07, 6.45) is 0. The molecular weight excluding hydrogens is 251 g/mol. The van der Waals surface area contributed by atoms with Crippen molar-refractivity contribution in [2.75, 3.05) is 0 Å². The summed E-state index contributed by atoms with van der Waals surface area (Å²) < 4.78 is 15.9. The Morgan fingerprint density at radius 1 is 1.20 bits per heavy atom. The molecule has 0 saturated heterocycles. The number of hydrogen-bond donors (Lipinski definition) is 0. The molecular formula is C17H25FN2. The zero-order valence-electron chi connectivity index (χ0n) is 13.4. The molecule has 1 aromatic heterocycles. The molecule has 3 heteroatoms. The summed E-state index contributed by atoms with van der Waals surface area (Å²) in [5.74, 6) is 0.186. The molecule has 0 saturated carbocycles. The van der Waals surface area contributed by atoms with Gasteiger partial charge < -0.3 is 0 Å². The van der Waals surface area contributed by atoms with E-state index in [4.69, 9.17) is 0 Å². The van der Waals surface area contributed by atoms with Crippen molar-refractivity contribution in [1.82, 2.24) is 9.78 Å². The predicted molar refractivity (Wildman–Crippen MR) is 83.5 cm³/mol. The van der Waals surface area contributed by atoms with Gasteiger partial charge in [-0.1, -0.05) is 33.8 Å². The van der Waals surface area contributed by atoms with E-state index < -0.39 is 0 Å². The molecule has 1 aromatic carbocycles. The number of halogens is 1. The van der Waals surface area contributed by atoms with E-state index in [1.165, 1.54) is 0 Å². The molecule has 0 fully saturated rings. The fourth-order valence-electron chi connectivity index (χ4n) is 2.11. The third kappa shape index (κ3) is 3.47. The van der Waals surface area contributed by atoms with Crippen LogP contribution < -0.4 is 0 Å². The summed E-state index contributed by atoms with van der Waals surface area (Å²) in [5, 5.41) is 4.49. The molecule has 0 aliphatic heterocycles. The van der Waals surface area contributed by atoms with Crippen LogP contribution in [0, 0.1) is 12.7 Å². The van der Waals surface area contributed by atoms with Crippen molar-refractivity contribution in [2.45, 2.75) is 54.0 Å². The van der Waals surface area contributed by atoms with E-state index in [0.717, 1.165) is 23.5 Å². The second-order valence-corrected chi connectivity index (χ2v) is 4.91. The molecule has 20 heavy (non-hydrogen) atoms. The topological polar surface area (TPSA) is 17.8 Å². The Morgan fingerprint density at radius 3 is 2.30 bits per heavy atom. The van der Waals surface area contributed by atoms with Crippen LogP contribution >= 0.6 is 0 Å². The number of hydrogen-bond acceptors (Lipinski definition) is 1. The first-order valence-corrected chi connectivity index (χ1v) is 7.37. The van der Waals surface area contributed by atoms with Gasteiger partial charge in [0.05, 0.1) is 5.69 Å². The number of nitrogens with zero attached hydrogens (tertiary/aromatic N) is 2. The van der Waals surface area contributed by atoms with Gasteiger partial charge in [0.15, 0.2) is 0 Å². The summed E-state index contributed by atoms with van der Waals surface area (Å²) in [6, 6.07) is 7.26. The molecule has 0 aliphatic rings. The van der Waals surface area contributed by atoms with Gasteiger partial charge in [0, 0.05) is 17.8 Å². The van der Waals surface area contributed by atoms with Gasteiger partial charge >= 0.3 is 0 Å². The smallest absolute Gasteiger partial charge is 0.132 e. The monoisotopic (exact) mass is 276 g/mol. The first-order valence-electron chi connectivity index (χ1n) is 7.37. The fraction of sp³-hybridized carbons (Fsp3) is 0.471. The van der Waals surface area contributed by atoms with Gasteiger partial charge in [0.1, 0.15) is 5.82 Å². The molecule has 2 aromatic rings. The Bertz CT molecular complexity index is 556. The highest BCUT2D eigenvalue weighted by Gasteiger charge is 2.14. The zero-order chi connectivity index (χ0) is 15.3. The molecule has 0 radical (unpaired) electrons. The highest BCUT2D eigenvalue weighted by molar-refractivity contribution is 5.61. The summed E-state index contributed by atoms with van der Waals surface area (Å²) in [6.45, 7) is 13.0. The molecule has 2 rings (SSSR count). The number of benzene rings is 1. The van der Waals surface area contributed by atoms with Gasteiger partial charge in [0.25, 0.3) is 0 Å². The standard InChI is InChI=1S/C15H19FN2.C2H6/c1-5-18-15(10(2)3)9-14(17-18)12-7-6-11(4)8-13(12)16;1-2/h6-10H,5H2,1-4H3;1-2H3. The normalized spacial score (nSPS) is 10.4. The molecule has 1 heterocycles. The Labute approximate surface area is 121 Å². The second-order valence-electron chi connectivity index (χ2n) is 4.91. The van der Waals surface area contributed by atoms with Gasteiger partial charge in [-0.25, -0.2) is 4.39 Å². The first kappa shape index (κ1) is 16.4. The van der Waals surface area contributed by atoms with Crippen molar-refractivity contribution in [3.63, 3.8) is 0 Å². The van der Waals surface area contributed by atoms with Crippen molar-refractivity contribution in [1.29, 1.82) is 0 Å². The maximum Gasteiger partial charge on any atom is 0.132 e. The molecule has 0 atom stereocenters. The van der Waals surface area contributed by atoms with Crippen molar-refractivity contribution in [3.05, 3.63) is 41.3 Å². The highest BCUT2D eigenvalue weighted by Crippen LogP contribution is 2.26. The van der Waals surface area contributed by atoms with Crippen molar-refractivity contribution in [3.8, 4) is 11.3 Å². The molecule has 0 aliphatic carbocycles. The summed E-state index contributed by atoms with van der Waals surface area (Å²) in [4.78, 5) is 0. The van der Waals surface area contributed by atoms with Crippen LogP contribution in [0.3, 0.4) is 0 Å². The van der Waals surface area contributed by atoms with Crippen LogP contribution in [0.15, 0.2) is 24.3 Å². The second kappa shape index (κ2) is 7.22. The minimum Gasteiger partial charge on any atom is -0.269 e. The number of aromatic nitrogens is 2. The minimum atomic E-state index is -0.203. The lowest BCUT2D eigenvalue weighted by Crippen LogP contribution is -2.03. The molecule has 0 bridgehead atoms. The Balaban J connectivity index is 0.000000956. The van der Waals surface area contributed by atoms with E-state index in [9.17, 15) is 4.39 Å². The third-order valence-corrected chi connectivity index (χ3v) is 3.10. The Kier molecular flexibility index (Phi) is 5.93. The molecule has 0 spiro atoms. The maximum absolute atomic E-state index is 13.9.